The molecule has 0 atom stereocenters. The van der Waals surface area contributed by atoms with Gasteiger partial charge in [-0.3, -0.25) is 0 Å². The Morgan fingerprint density at radius 3 is 2.57 bits per heavy atom. The number of aryl methyl sites for hydroxylation is 1. The molecule has 2 N–H and O–H groups in total. The maximum atomic E-state index is 11.9. The monoisotopic (exact) mass is 324 g/mol. The number of carbonyl (C=O) groups is 1. The first-order valence-electron chi connectivity index (χ1n) is 5.82. The van der Waals surface area contributed by atoms with E-state index in [1.54, 1.807) is 12.1 Å². The minimum absolute atomic E-state index is 0.114. The topological polar surface area (TPSA) is 95.8 Å². The number of benzene rings is 1. The van der Waals surface area contributed by atoms with Crippen LogP contribution >= 0.6 is 11.3 Å². The third-order valence-corrected chi connectivity index (χ3v) is 4.67. The lowest BCUT2D eigenvalue weighted by Crippen LogP contribution is -2.18. The second-order valence-corrected chi connectivity index (χ2v) is 6.81. The molecule has 0 fully saturated rings. The number of nitrogens with zero attached hydrogens (tertiary/aromatic N) is 1. The van der Waals surface area contributed by atoms with E-state index in [0.29, 0.717) is 4.88 Å². The third-order valence-electron chi connectivity index (χ3n) is 2.56. The van der Waals surface area contributed by atoms with Crippen molar-refractivity contribution in [3.8, 4) is 0 Å². The van der Waals surface area contributed by atoms with Crippen molar-refractivity contribution in [2.24, 2.45) is 5.10 Å². The van der Waals surface area contributed by atoms with Crippen molar-refractivity contribution in [1.29, 1.82) is 0 Å². The van der Waals surface area contributed by atoms with E-state index in [9.17, 15) is 13.2 Å². The van der Waals surface area contributed by atoms with E-state index >= 15 is 0 Å². The Morgan fingerprint density at radius 2 is 2.00 bits per heavy atom. The Balaban J connectivity index is 2.08. The van der Waals surface area contributed by atoms with E-state index in [1.807, 2.05) is 6.92 Å². The minimum atomic E-state index is -3.72. The maximum absolute atomic E-state index is 11.9. The Bertz CT molecular complexity index is 777. The van der Waals surface area contributed by atoms with Gasteiger partial charge in [0.2, 0.25) is 0 Å². The molecule has 1 aromatic heterocycles. The molecule has 8 heteroatoms. The van der Waals surface area contributed by atoms with Crippen LogP contribution in [0.2, 0.25) is 0 Å². The molecule has 1 heterocycles. The molecule has 1 aromatic carbocycles. The van der Waals surface area contributed by atoms with Gasteiger partial charge in [-0.1, -0.05) is 17.7 Å². The van der Waals surface area contributed by atoms with E-state index in [-0.39, 0.29) is 10.5 Å². The molecule has 0 unspecified atom stereocenters. The number of aromatic carboxylic acids is 1. The fourth-order valence-corrected chi connectivity index (χ4v) is 2.99. The van der Waals surface area contributed by atoms with Crippen molar-refractivity contribution in [2.75, 3.05) is 0 Å². The standard InChI is InChI=1S/C13H12N2O4S2/c1-9-2-4-12(5-3-9)21(18,19)15-14-7-11-6-10(8-20-11)13(16)17/h2-8,15H,1H3,(H,16,17)/b14-7-. The summed E-state index contributed by atoms with van der Waals surface area (Å²) in [4.78, 5) is 13.4. The van der Waals surface area contributed by atoms with E-state index in [1.165, 1.54) is 29.8 Å². The van der Waals surface area contributed by atoms with Crippen molar-refractivity contribution >= 4 is 33.5 Å². The number of thiophene rings is 1. The molecule has 0 spiro atoms. The Hall–Kier alpha value is -2.19. The fourth-order valence-electron chi connectivity index (χ4n) is 1.46. The highest BCUT2D eigenvalue weighted by molar-refractivity contribution is 7.89. The van der Waals surface area contributed by atoms with Gasteiger partial charge in [-0.2, -0.15) is 13.5 Å². The lowest BCUT2D eigenvalue weighted by atomic mass is 10.2. The molecule has 0 radical (unpaired) electrons. The number of hydrazone groups is 1. The summed E-state index contributed by atoms with van der Waals surface area (Å²) in [6, 6.07) is 7.77. The van der Waals surface area contributed by atoms with Crippen LogP contribution in [0.4, 0.5) is 0 Å². The van der Waals surface area contributed by atoms with Crippen molar-refractivity contribution in [3.05, 3.63) is 51.7 Å². The van der Waals surface area contributed by atoms with Crippen molar-refractivity contribution in [3.63, 3.8) is 0 Å². The SMILES string of the molecule is Cc1ccc(S(=O)(=O)N/N=C\c2cc(C(=O)O)cs2)cc1. The number of hydrogen-bond acceptors (Lipinski definition) is 5. The highest BCUT2D eigenvalue weighted by atomic mass is 32.2. The number of nitrogens with one attached hydrogen (secondary N) is 1. The third kappa shape index (κ3) is 3.89. The van der Waals surface area contributed by atoms with Gasteiger partial charge >= 0.3 is 5.97 Å². The highest BCUT2D eigenvalue weighted by Crippen LogP contribution is 2.13. The Kier molecular flexibility index (Phi) is 4.39. The number of sulfonamides is 1. The summed E-state index contributed by atoms with van der Waals surface area (Å²) >= 11 is 1.16. The van der Waals surface area contributed by atoms with Gasteiger partial charge in [0, 0.05) is 10.3 Å². The summed E-state index contributed by atoms with van der Waals surface area (Å²) in [5.74, 6) is -1.04. The molecule has 0 aliphatic heterocycles. The first-order valence-corrected chi connectivity index (χ1v) is 8.18. The van der Waals surface area contributed by atoms with E-state index in [0.717, 1.165) is 16.9 Å². The van der Waals surface area contributed by atoms with Crippen LogP contribution in [0.15, 0.2) is 45.7 Å². The van der Waals surface area contributed by atoms with Gasteiger partial charge in [0.15, 0.2) is 0 Å². The number of rotatable bonds is 5. The molecule has 0 aliphatic rings. The van der Waals surface area contributed by atoms with Crippen LogP contribution in [0, 0.1) is 6.92 Å². The smallest absolute Gasteiger partial charge is 0.336 e. The minimum Gasteiger partial charge on any atom is -0.478 e. The van der Waals surface area contributed by atoms with Crippen LogP contribution in [0.5, 0.6) is 0 Å². The molecule has 2 aromatic rings. The van der Waals surface area contributed by atoms with Gasteiger partial charge in [-0.15, -0.1) is 11.3 Å². The summed E-state index contributed by atoms with van der Waals surface area (Å²) in [6.45, 7) is 1.86. The normalized spacial score (nSPS) is 11.7. The van der Waals surface area contributed by atoms with E-state index in [2.05, 4.69) is 9.93 Å². The van der Waals surface area contributed by atoms with Crippen LogP contribution in [0.3, 0.4) is 0 Å². The molecular weight excluding hydrogens is 312 g/mol. The zero-order chi connectivity index (χ0) is 15.5. The van der Waals surface area contributed by atoms with Crippen LogP contribution in [0.1, 0.15) is 20.8 Å². The van der Waals surface area contributed by atoms with E-state index in [4.69, 9.17) is 5.11 Å². The molecule has 0 saturated carbocycles. The Morgan fingerprint density at radius 1 is 1.33 bits per heavy atom. The van der Waals surface area contributed by atoms with Crippen LogP contribution in [-0.2, 0) is 10.0 Å². The van der Waals surface area contributed by atoms with Crippen molar-refractivity contribution < 1.29 is 18.3 Å². The summed E-state index contributed by atoms with van der Waals surface area (Å²) in [5, 5.41) is 13.9. The summed E-state index contributed by atoms with van der Waals surface area (Å²) in [7, 11) is -3.72. The van der Waals surface area contributed by atoms with Crippen LogP contribution < -0.4 is 4.83 Å². The Labute approximate surface area is 125 Å². The largest absolute Gasteiger partial charge is 0.478 e. The molecule has 0 aliphatic carbocycles. The van der Waals surface area contributed by atoms with Gasteiger partial charge in [0.1, 0.15) is 0 Å². The summed E-state index contributed by atoms with van der Waals surface area (Å²) in [6.07, 6.45) is 1.27. The lowest BCUT2D eigenvalue weighted by molar-refractivity contribution is 0.0697. The van der Waals surface area contributed by atoms with Gasteiger partial charge in [-0.25, -0.2) is 9.63 Å². The van der Waals surface area contributed by atoms with Crippen molar-refractivity contribution in [2.45, 2.75) is 11.8 Å². The van der Waals surface area contributed by atoms with Gasteiger partial charge in [-0.05, 0) is 25.1 Å². The molecule has 0 saturated heterocycles. The quantitative estimate of drug-likeness (QED) is 0.650. The zero-order valence-electron chi connectivity index (χ0n) is 11.0. The van der Waals surface area contributed by atoms with Crippen LogP contribution in [-0.4, -0.2) is 25.7 Å². The number of carboxylic acids is 1. The van der Waals surface area contributed by atoms with Crippen LogP contribution in [0.25, 0.3) is 0 Å². The average Bonchev–Trinajstić information content (AvgIpc) is 2.88. The van der Waals surface area contributed by atoms with Crippen molar-refractivity contribution in [1.82, 2.24) is 4.83 Å². The predicted octanol–water partition coefficient (Wildman–Crippen LogP) is 2.07. The van der Waals surface area contributed by atoms with Gasteiger partial charge in [0.25, 0.3) is 10.0 Å². The van der Waals surface area contributed by atoms with E-state index < -0.39 is 16.0 Å². The predicted molar refractivity (Wildman–Crippen MR) is 80.4 cm³/mol. The second-order valence-electron chi connectivity index (χ2n) is 4.21. The molecule has 110 valence electrons. The molecule has 0 amide bonds. The maximum Gasteiger partial charge on any atom is 0.336 e. The number of hydrogen-bond donors (Lipinski definition) is 2. The summed E-state index contributed by atoms with van der Waals surface area (Å²) in [5.41, 5.74) is 1.10. The molecular formula is C13H12N2O4S2. The van der Waals surface area contributed by atoms with Gasteiger partial charge < -0.3 is 5.11 Å². The summed E-state index contributed by atoms with van der Waals surface area (Å²) < 4.78 is 23.9. The molecule has 21 heavy (non-hydrogen) atoms. The first kappa shape index (κ1) is 15.2. The zero-order valence-corrected chi connectivity index (χ0v) is 12.6. The number of carboxylic acid groups (broad SMARTS) is 1. The highest BCUT2D eigenvalue weighted by Gasteiger charge is 2.12. The van der Waals surface area contributed by atoms with Gasteiger partial charge in [0.05, 0.1) is 16.7 Å². The lowest BCUT2D eigenvalue weighted by Gasteiger charge is -2.02. The molecule has 6 nitrogen and oxygen atoms in total. The second kappa shape index (κ2) is 6.06. The first-order chi connectivity index (χ1) is 9.88. The molecule has 2 rings (SSSR count). The fraction of sp³-hybridized carbons (Fsp3) is 0.0769. The average molecular weight is 324 g/mol. The molecule has 0 bridgehead atoms.